The first-order valence-corrected chi connectivity index (χ1v) is 21.7. The van der Waals surface area contributed by atoms with E-state index in [-0.39, 0.29) is 0 Å². The van der Waals surface area contributed by atoms with Crippen molar-refractivity contribution >= 4 is 65.4 Å². The average molecular weight is 802 g/mol. The number of para-hydroxylation sites is 5. The van der Waals surface area contributed by atoms with Crippen LogP contribution in [0, 0.1) is 0 Å². The first-order chi connectivity index (χ1) is 31.3. The van der Waals surface area contributed by atoms with Gasteiger partial charge in [-0.3, -0.25) is 0 Å². The highest BCUT2D eigenvalue weighted by Gasteiger charge is 2.21. The molecular weight excluding hydrogens is 763 g/mol. The summed E-state index contributed by atoms with van der Waals surface area (Å²) in [6.07, 6.45) is 0. The molecule has 63 heavy (non-hydrogen) atoms. The third kappa shape index (κ3) is 5.46. The van der Waals surface area contributed by atoms with Crippen LogP contribution in [0.4, 0.5) is 0 Å². The first-order valence-electron chi connectivity index (χ1n) is 21.7. The lowest BCUT2D eigenvalue weighted by atomic mass is 9.97. The Morgan fingerprint density at radius 1 is 0.222 bits per heavy atom. The number of benzene rings is 10. The molecular formula is C60H39N3. The van der Waals surface area contributed by atoms with Crippen LogP contribution in [0.5, 0.6) is 0 Å². The minimum absolute atomic E-state index is 1.14. The highest BCUT2D eigenvalue weighted by Crippen LogP contribution is 2.43. The Bertz CT molecular complexity index is 3830. The number of nitrogens with zero attached hydrogens (tertiary/aromatic N) is 3. The maximum Gasteiger partial charge on any atom is 0.0702 e. The minimum atomic E-state index is 1.14. The standard InChI is InChI=1S/C60H39N3/c1-3-16-40(17-4-1)41-30-34-45(35-31-41)61-56-37-33-44(39-51(56)60-46(23-15-29-59(60)61)42-18-5-2-6-19-42)43-32-36-55-50(38-43)49-22-9-12-26-54(49)63(55)58-28-14-13-27-57(58)62-52-24-10-7-20-47(52)48-21-8-11-25-53(48)62/h1-39H. The van der Waals surface area contributed by atoms with Gasteiger partial charge in [0.1, 0.15) is 0 Å². The van der Waals surface area contributed by atoms with E-state index in [0.717, 1.165) is 17.1 Å². The summed E-state index contributed by atoms with van der Waals surface area (Å²) in [6, 6.07) is 86.4. The van der Waals surface area contributed by atoms with Gasteiger partial charge >= 0.3 is 0 Å². The van der Waals surface area contributed by atoms with Crippen molar-refractivity contribution in [2.75, 3.05) is 0 Å². The summed E-state index contributed by atoms with van der Waals surface area (Å²) in [7, 11) is 0. The number of fused-ring (bicyclic) bond motifs is 9. The highest BCUT2D eigenvalue weighted by atomic mass is 15.1. The normalized spacial score (nSPS) is 11.8. The molecule has 0 fully saturated rings. The molecule has 13 aromatic rings. The van der Waals surface area contributed by atoms with Crippen molar-refractivity contribution in [1.82, 2.24) is 13.7 Å². The summed E-state index contributed by atoms with van der Waals surface area (Å²) in [5.41, 5.74) is 17.8. The molecule has 0 amide bonds. The van der Waals surface area contributed by atoms with E-state index in [1.165, 1.54) is 98.8 Å². The molecule has 0 unspecified atom stereocenters. The zero-order valence-electron chi connectivity index (χ0n) is 34.4. The second-order valence-electron chi connectivity index (χ2n) is 16.5. The van der Waals surface area contributed by atoms with E-state index in [4.69, 9.17) is 0 Å². The van der Waals surface area contributed by atoms with Gasteiger partial charge in [0.05, 0.1) is 44.5 Å². The van der Waals surface area contributed by atoms with Gasteiger partial charge in [-0.2, -0.15) is 0 Å². The van der Waals surface area contributed by atoms with Crippen molar-refractivity contribution in [1.29, 1.82) is 0 Å². The van der Waals surface area contributed by atoms with E-state index < -0.39 is 0 Å². The molecule has 13 rings (SSSR count). The topological polar surface area (TPSA) is 14.8 Å². The van der Waals surface area contributed by atoms with Gasteiger partial charge in [0.2, 0.25) is 0 Å². The monoisotopic (exact) mass is 801 g/mol. The van der Waals surface area contributed by atoms with Crippen LogP contribution in [0.15, 0.2) is 237 Å². The summed E-state index contributed by atoms with van der Waals surface area (Å²) in [4.78, 5) is 0. The van der Waals surface area contributed by atoms with Crippen LogP contribution in [0.3, 0.4) is 0 Å². The van der Waals surface area contributed by atoms with Gasteiger partial charge in [-0.15, -0.1) is 0 Å². The second-order valence-corrected chi connectivity index (χ2v) is 16.5. The molecule has 0 atom stereocenters. The largest absolute Gasteiger partial charge is 0.309 e. The molecule has 294 valence electrons. The number of hydrogen-bond acceptors (Lipinski definition) is 0. The van der Waals surface area contributed by atoms with Crippen LogP contribution >= 0.6 is 0 Å². The van der Waals surface area contributed by atoms with Crippen LogP contribution in [-0.4, -0.2) is 13.7 Å². The third-order valence-corrected chi connectivity index (χ3v) is 13.1. The predicted octanol–water partition coefficient (Wildman–Crippen LogP) is 16.0. The Hall–Kier alpha value is -8.40. The van der Waals surface area contributed by atoms with Gasteiger partial charge in [-0.25, -0.2) is 0 Å². The van der Waals surface area contributed by atoms with Crippen molar-refractivity contribution in [3.05, 3.63) is 237 Å². The Balaban J connectivity index is 1.01. The fourth-order valence-electron chi connectivity index (χ4n) is 10.3. The maximum absolute atomic E-state index is 2.46. The molecule has 10 aromatic carbocycles. The van der Waals surface area contributed by atoms with Gasteiger partial charge in [0.25, 0.3) is 0 Å². The summed E-state index contributed by atoms with van der Waals surface area (Å²) < 4.78 is 7.32. The lowest BCUT2D eigenvalue weighted by molar-refractivity contribution is 1.10. The Labute approximate surface area is 364 Å². The number of hydrogen-bond donors (Lipinski definition) is 0. The van der Waals surface area contributed by atoms with Gasteiger partial charge in [0, 0.05) is 38.0 Å². The lowest BCUT2D eigenvalue weighted by Crippen LogP contribution is -2.03. The number of aromatic nitrogens is 3. The van der Waals surface area contributed by atoms with Crippen LogP contribution in [0.25, 0.3) is 116 Å². The van der Waals surface area contributed by atoms with E-state index in [2.05, 4.69) is 250 Å². The zero-order chi connectivity index (χ0) is 41.4. The molecule has 0 N–H and O–H groups in total. The molecule has 0 spiro atoms. The summed E-state index contributed by atoms with van der Waals surface area (Å²) in [6.45, 7) is 0. The molecule has 0 radical (unpaired) electrons. The van der Waals surface area contributed by atoms with E-state index >= 15 is 0 Å². The second kappa shape index (κ2) is 14.1. The van der Waals surface area contributed by atoms with Gasteiger partial charge in [-0.05, 0) is 106 Å². The van der Waals surface area contributed by atoms with Crippen molar-refractivity contribution in [2.45, 2.75) is 0 Å². The fourth-order valence-corrected chi connectivity index (χ4v) is 10.3. The van der Waals surface area contributed by atoms with Gasteiger partial charge in [0.15, 0.2) is 0 Å². The Kier molecular flexibility index (Phi) is 7.91. The summed E-state index contributed by atoms with van der Waals surface area (Å²) >= 11 is 0. The predicted molar refractivity (Wildman–Crippen MR) is 266 cm³/mol. The smallest absolute Gasteiger partial charge is 0.0702 e. The third-order valence-electron chi connectivity index (χ3n) is 13.1. The van der Waals surface area contributed by atoms with Crippen LogP contribution in [0.1, 0.15) is 0 Å². The van der Waals surface area contributed by atoms with Crippen molar-refractivity contribution in [2.24, 2.45) is 0 Å². The van der Waals surface area contributed by atoms with E-state index in [1.807, 2.05) is 0 Å². The van der Waals surface area contributed by atoms with E-state index in [0.29, 0.717) is 0 Å². The summed E-state index contributed by atoms with van der Waals surface area (Å²) in [5, 5.41) is 7.46. The molecule has 0 bridgehead atoms. The zero-order valence-corrected chi connectivity index (χ0v) is 34.4. The van der Waals surface area contributed by atoms with Crippen LogP contribution < -0.4 is 0 Å². The van der Waals surface area contributed by atoms with Crippen LogP contribution in [0.2, 0.25) is 0 Å². The molecule has 3 heterocycles. The molecule has 3 nitrogen and oxygen atoms in total. The highest BCUT2D eigenvalue weighted by molar-refractivity contribution is 6.17. The van der Waals surface area contributed by atoms with E-state index in [9.17, 15) is 0 Å². The van der Waals surface area contributed by atoms with Crippen molar-refractivity contribution < 1.29 is 0 Å². The quantitative estimate of drug-likeness (QED) is 0.159. The van der Waals surface area contributed by atoms with Crippen molar-refractivity contribution in [3.8, 4) is 50.4 Å². The van der Waals surface area contributed by atoms with Crippen LogP contribution in [-0.2, 0) is 0 Å². The molecule has 3 heteroatoms. The average Bonchev–Trinajstić information content (AvgIpc) is 4.00. The number of rotatable bonds is 6. The fraction of sp³-hybridized carbons (Fsp3) is 0. The maximum atomic E-state index is 2.46. The SMILES string of the molecule is c1ccc(-c2ccc(-n3c4ccc(-c5ccc6c(c5)c5ccccc5n6-c5ccccc5-n5c6ccccc6c6ccccc65)cc4c4c(-c5ccccc5)cccc43)cc2)cc1. The molecule has 0 aliphatic carbocycles. The molecule has 0 saturated heterocycles. The van der Waals surface area contributed by atoms with Gasteiger partial charge in [-0.1, -0.05) is 164 Å². The molecule has 3 aromatic heterocycles. The van der Waals surface area contributed by atoms with Crippen molar-refractivity contribution in [3.63, 3.8) is 0 Å². The Morgan fingerprint density at radius 2 is 0.635 bits per heavy atom. The Morgan fingerprint density at radius 3 is 1.22 bits per heavy atom. The van der Waals surface area contributed by atoms with E-state index in [1.54, 1.807) is 0 Å². The van der Waals surface area contributed by atoms with Gasteiger partial charge < -0.3 is 13.7 Å². The summed E-state index contributed by atoms with van der Waals surface area (Å²) in [5.74, 6) is 0. The minimum Gasteiger partial charge on any atom is -0.309 e. The molecule has 0 aliphatic heterocycles. The molecule has 0 aliphatic rings. The lowest BCUT2D eigenvalue weighted by Gasteiger charge is -2.16. The molecule has 0 saturated carbocycles. The first kappa shape index (κ1) is 35.4.